The van der Waals surface area contributed by atoms with Crippen LogP contribution in [0.3, 0.4) is 0 Å². The van der Waals surface area contributed by atoms with Crippen molar-refractivity contribution in [3.05, 3.63) is 47.6 Å². The predicted octanol–water partition coefficient (Wildman–Crippen LogP) is 3.65. The number of ketones is 3. The standard InChI is InChI=1S/C54H83N3O17S.CH4O/c1-32-13-10-9-11-14-33(2)27-35(4)47(61)49(71-8)48(62)36(5)28-34(3)42(60)31-44-41(29-38-18-21-43(45(30-38)70-7)73-53(66)55-75(68,69)56(23-25-58)24-26-59)40-15-12-22-57(46(40)52(65)72-44)51(64)50(63)54(67)37(6)17-20-39(74-54)19-16-32;1-2/h9-11,13-14,28,33-35,37-41,43-46,48-49,58-59,62,67H,12,15-27,29-31H2,1-8H3,(H,55,66);2H,1H3/b10-9+,14-11+,32-13+,36-28+;/t33-,34-,35?,37?,38?,39-,40-,41?,43-,44+,45?,46?,48?,49+,54?;/m1./s1. The molecule has 4 aliphatic heterocycles. The Balaban J connectivity index is 0.00000632. The molecule has 21 nitrogen and oxygen atoms in total. The highest BCUT2D eigenvalue weighted by Gasteiger charge is 2.57. The van der Waals surface area contributed by atoms with Gasteiger partial charge in [-0.15, -0.1) is 0 Å². The molecule has 22 heteroatoms. The van der Waals surface area contributed by atoms with Crippen LogP contribution in [-0.4, -0.2) is 181 Å². The van der Waals surface area contributed by atoms with Gasteiger partial charge in [-0.05, 0) is 108 Å². The zero-order valence-corrected chi connectivity index (χ0v) is 47.2. The van der Waals surface area contributed by atoms with Gasteiger partial charge in [0.1, 0.15) is 36.2 Å². The molecule has 4 heterocycles. The van der Waals surface area contributed by atoms with E-state index in [-0.39, 0.29) is 55.9 Å². The number of amides is 2. The van der Waals surface area contributed by atoms with E-state index in [1.54, 1.807) is 33.8 Å². The van der Waals surface area contributed by atoms with E-state index in [9.17, 15) is 57.6 Å². The lowest BCUT2D eigenvalue weighted by molar-refractivity contribution is -0.263. The number of carbonyl (C=O) groups is 6. The smallest absolute Gasteiger partial charge is 0.422 e. The van der Waals surface area contributed by atoms with Crippen LogP contribution in [0.15, 0.2) is 47.6 Å². The van der Waals surface area contributed by atoms with Crippen molar-refractivity contribution >= 4 is 45.5 Å². The molecule has 2 amide bonds. The summed E-state index contributed by atoms with van der Waals surface area (Å²) in [6.45, 7) is 8.83. The Morgan fingerprint density at radius 3 is 2.23 bits per heavy atom. The lowest BCUT2D eigenvalue weighted by Crippen LogP contribution is -2.65. The van der Waals surface area contributed by atoms with Gasteiger partial charge in [0.05, 0.1) is 25.4 Å². The van der Waals surface area contributed by atoms with Crippen LogP contribution >= 0.6 is 0 Å². The number of hydrogen-bond acceptors (Lipinski definition) is 18. The number of aliphatic hydroxyl groups excluding tert-OH is 4. The van der Waals surface area contributed by atoms with Crippen LogP contribution in [0.1, 0.15) is 119 Å². The maximum absolute atomic E-state index is 14.5. The molecule has 0 aromatic heterocycles. The summed E-state index contributed by atoms with van der Waals surface area (Å²) < 4.78 is 57.6. The van der Waals surface area contributed by atoms with Gasteiger partial charge in [-0.3, -0.25) is 19.2 Å². The molecule has 0 radical (unpaired) electrons. The monoisotopic (exact) mass is 1110 g/mol. The van der Waals surface area contributed by atoms with Gasteiger partial charge < -0.3 is 54.1 Å². The van der Waals surface area contributed by atoms with Gasteiger partial charge in [0.2, 0.25) is 5.79 Å². The first-order valence-corrected chi connectivity index (χ1v) is 28.5. The maximum Gasteiger partial charge on any atom is 0.422 e. The molecule has 0 aromatic carbocycles. The average molecular weight is 1110 g/mol. The highest BCUT2D eigenvalue weighted by Crippen LogP contribution is 2.45. The fourth-order valence-electron chi connectivity index (χ4n) is 11.7. The van der Waals surface area contributed by atoms with E-state index >= 15 is 0 Å². The summed E-state index contributed by atoms with van der Waals surface area (Å²) in [6, 6.07) is -1.24. The molecule has 0 spiro atoms. The van der Waals surface area contributed by atoms with Crippen LogP contribution in [-0.2, 0) is 57.9 Å². The summed E-state index contributed by atoms with van der Waals surface area (Å²) in [5.41, 5.74) is 1.36. The fraction of sp³-hybridized carbons (Fsp3) is 0.745. The minimum absolute atomic E-state index is 0.00779. The van der Waals surface area contributed by atoms with Gasteiger partial charge >= 0.3 is 22.3 Å². The number of nitrogens with one attached hydrogen (secondary N) is 1. The van der Waals surface area contributed by atoms with Crippen LogP contribution in [0.4, 0.5) is 4.79 Å². The van der Waals surface area contributed by atoms with Crippen LogP contribution < -0.4 is 4.72 Å². The topological polar surface area (TPSA) is 302 Å². The van der Waals surface area contributed by atoms with Crippen molar-refractivity contribution in [3.63, 3.8) is 0 Å². The van der Waals surface area contributed by atoms with E-state index in [4.69, 9.17) is 28.8 Å². The van der Waals surface area contributed by atoms with E-state index in [1.807, 2.05) is 48.9 Å². The fourth-order valence-corrected chi connectivity index (χ4v) is 12.7. The Kier molecular flexibility index (Phi) is 25.8. The van der Waals surface area contributed by atoms with Gasteiger partial charge in [-0.1, -0.05) is 69.7 Å². The first-order chi connectivity index (χ1) is 36.5. The minimum atomic E-state index is -4.49. The third-order valence-corrected chi connectivity index (χ3v) is 17.5. The number of aliphatic hydroxyl groups is 5. The normalized spacial score (nSPS) is 36.8. The number of rotatable bonds is 11. The highest BCUT2D eigenvalue weighted by molar-refractivity contribution is 7.87. The molecule has 77 heavy (non-hydrogen) atoms. The summed E-state index contributed by atoms with van der Waals surface area (Å²) in [7, 11) is -0.712. The number of piperidine rings is 1. The van der Waals surface area contributed by atoms with Crippen LogP contribution in [0, 0.1) is 41.4 Å². The second-order valence-corrected chi connectivity index (χ2v) is 23.2. The molecule has 8 unspecified atom stereocenters. The molecular weight excluding hydrogens is 1020 g/mol. The summed E-state index contributed by atoms with van der Waals surface area (Å²) >= 11 is 0. The number of esters is 1. The van der Waals surface area contributed by atoms with Crippen LogP contribution in [0.25, 0.3) is 0 Å². The Hall–Kier alpha value is -4.23. The van der Waals surface area contributed by atoms with Crippen molar-refractivity contribution in [1.29, 1.82) is 0 Å². The Bertz CT molecular complexity index is 2250. The van der Waals surface area contributed by atoms with E-state index in [0.29, 0.717) is 74.1 Å². The number of nitrogens with zero attached hydrogens (tertiary/aromatic N) is 2. The molecule has 1 aliphatic carbocycles. The number of Topliss-reactive ketones (excluding diaryl/α,β-unsaturated/α-hetero) is 3. The Morgan fingerprint density at radius 2 is 1.58 bits per heavy atom. The third-order valence-electron chi connectivity index (χ3n) is 16.0. The summed E-state index contributed by atoms with van der Waals surface area (Å²) in [4.78, 5) is 85.5. The summed E-state index contributed by atoms with van der Waals surface area (Å²) in [6.07, 6.45) is 8.61. The largest absolute Gasteiger partial charge is 0.460 e. The van der Waals surface area contributed by atoms with Crippen molar-refractivity contribution in [2.24, 2.45) is 41.4 Å². The SMILES string of the molecule is CO.COC1CC(CC2[C@H]3CCCN4C(=O)C(=O)C5(O)O[C@H](CC/C(C)=C/C=C/C=C/[C@@H](C)CC(C)C(=O)[C@H](OC)C(O)/C(C)=C/[C@@H](C)C(=O)C[C@@H]2OC(=O)C34)CCC5C)CC[C@H]1OC(=O)NS(=O)(=O)N(CCO)CCO. The molecular formula is C55H87N3O18S. The second kappa shape index (κ2) is 30.4. The van der Waals surface area contributed by atoms with Crippen molar-refractivity contribution in [2.75, 3.05) is 54.2 Å². The lowest BCUT2D eigenvalue weighted by Gasteiger charge is -2.50. The van der Waals surface area contributed by atoms with Crippen molar-refractivity contribution < 1.29 is 86.4 Å². The molecule has 0 aromatic rings. The van der Waals surface area contributed by atoms with E-state index in [2.05, 4.69) is 0 Å². The van der Waals surface area contributed by atoms with Crippen molar-refractivity contribution in [1.82, 2.24) is 13.9 Å². The summed E-state index contributed by atoms with van der Waals surface area (Å²) in [5, 5.41) is 49.2. The second-order valence-electron chi connectivity index (χ2n) is 21.5. The van der Waals surface area contributed by atoms with Gasteiger partial charge in [0.25, 0.3) is 11.7 Å². The van der Waals surface area contributed by atoms with Crippen molar-refractivity contribution in [2.45, 2.75) is 167 Å². The first-order valence-electron chi connectivity index (χ1n) is 27.1. The van der Waals surface area contributed by atoms with E-state index in [0.717, 1.165) is 12.7 Å². The number of allylic oxidation sites excluding steroid dienone is 7. The van der Waals surface area contributed by atoms with Gasteiger partial charge in [-0.25, -0.2) is 14.3 Å². The highest BCUT2D eigenvalue weighted by atomic mass is 32.2. The zero-order valence-electron chi connectivity index (χ0n) is 46.4. The third kappa shape index (κ3) is 17.1. The Morgan fingerprint density at radius 1 is 0.896 bits per heavy atom. The quantitative estimate of drug-likeness (QED) is 0.0977. The number of fused-ring (bicyclic) bond motifs is 4. The molecule has 5 rings (SSSR count). The van der Waals surface area contributed by atoms with Crippen molar-refractivity contribution in [3.8, 4) is 0 Å². The number of methoxy groups -OCH3 is 2. The lowest BCUT2D eigenvalue weighted by atomic mass is 9.68. The van der Waals surface area contributed by atoms with E-state index in [1.165, 1.54) is 19.1 Å². The molecule has 3 saturated heterocycles. The zero-order chi connectivity index (χ0) is 57.4. The van der Waals surface area contributed by atoms with Gasteiger partial charge in [-0.2, -0.15) is 12.7 Å². The predicted molar refractivity (Wildman–Crippen MR) is 282 cm³/mol. The molecule has 15 atom stereocenters. The number of hydrogen-bond donors (Lipinski definition) is 6. The minimum Gasteiger partial charge on any atom is -0.460 e. The van der Waals surface area contributed by atoms with Crippen LogP contribution in [0.2, 0.25) is 0 Å². The van der Waals surface area contributed by atoms with E-state index < -0.39 is 125 Å². The number of ether oxygens (including phenoxy) is 5. The summed E-state index contributed by atoms with van der Waals surface area (Å²) in [5.74, 6) is -9.47. The average Bonchev–Trinajstić information content (AvgIpc) is 3.39. The first kappa shape index (κ1) is 65.3. The molecule has 6 N–H and O–H groups in total. The maximum atomic E-state index is 14.5. The number of carbonyl (C=O) groups excluding carboxylic acids is 6. The van der Waals surface area contributed by atoms with Crippen LogP contribution in [0.5, 0.6) is 0 Å². The molecule has 4 fully saturated rings. The molecule has 5 aliphatic rings. The molecule has 4 bridgehead atoms. The molecule has 436 valence electrons. The van der Waals surface area contributed by atoms with Gasteiger partial charge in [0, 0.05) is 71.1 Å². The molecule has 1 saturated carbocycles. The Labute approximate surface area is 454 Å². The van der Waals surface area contributed by atoms with Gasteiger partial charge in [0.15, 0.2) is 5.78 Å².